The third kappa shape index (κ3) is 3.88. The van der Waals surface area contributed by atoms with Crippen LogP contribution in [0.15, 0.2) is 46.9 Å². The molecule has 0 spiro atoms. The highest BCUT2D eigenvalue weighted by atomic mass is 79.9. The van der Waals surface area contributed by atoms with E-state index in [9.17, 15) is 9.18 Å². The van der Waals surface area contributed by atoms with Crippen LogP contribution in [0.2, 0.25) is 0 Å². The Labute approximate surface area is 124 Å². The van der Waals surface area contributed by atoms with Gasteiger partial charge in [-0.1, -0.05) is 28.1 Å². The van der Waals surface area contributed by atoms with E-state index < -0.39 is 11.8 Å². The van der Waals surface area contributed by atoms with Crippen LogP contribution < -0.4 is 0 Å². The van der Waals surface area contributed by atoms with Gasteiger partial charge in [-0.05, 0) is 41.5 Å². The molecule has 0 bridgehead atoms. The standard InChI is InChI=1S/C15H12BrFO3/c16-12-3-1-2-10(6-12)8-20-9-11-7-13(17)4-5-14(11)15(18)19/h1-7H,8-9H2,(H,18,19). The topological polar surface area (TPSA) is 46.5 Å². The molecule has 5 heteroatoms. The molecule has 0 aliphatic carbocycles. The van der Waals surface area contributed by atoms with Gasteiger partial charge in [-0.2, -0.15) is 0 Å². The van der Waals surface area contributed by atoms with Crippen molar-refractivity contribution in [3.63, 3.8) is 0 Å². The first-order chi connectivity index (χ1) is 9.56. The second kappa shape index (κ2) is 6.63. The summed E-state index contributed by atoms with van der Waals surface area (Å²) < 4.78 is 19.6. The van der Waals surface area contributed by atoms with Crippen LogP contribution in [-0.4, -0.2) is 11.1 Å². The third-order valence-corrected chi connectivity index (χ3v) is 3.21. The van der Waals surface area contributed by atoms with Crippen molar-refractivity contribution in [2.75, 3.05) is 0 Å². The van der Waals surface area contributed by atoms with Crippen LogP contribution in [0.4, 0.5) is 4.39 Å². The van der Waals surface area contributed by atoms with E-state index in [0.717, 1.165) is 16.1 Å². The molecule has 2 aromatic rings. The number of rotatable bonds is 5. The Morgan fingerprint density at radius 1 is 1.20 bits per heavy atom. The summed E-state index contributed by atoms with van der Waals surface area (Å²) in [5.74, 6) is -1.57. The van der Waals surface area contributed by atoms with Gasteiger partial charge in [-0.25, -0.2) is 9.18 Å². The largest absolute Gasteiger partial charge is 0.478 e. The van der Waals surface area contributed by atoms with Crippen molar-refractivity contribution < 1.29 is 19.0 Å². The summed E-state index contributed by atoms with van der Waals surface area (Å²) in [5.41, 5.74) is 1.33. The lowest BCUT2D eigenvalue weighted by Gasteiger charge is -2.08. The number of aromatic carboxylic acids is 1. The van der Waals surface area contributed by atoms with Crippen LogP contribution in [0.1, 0.15) is 21.5 Å². The molecule has 0 aliphatic heterocycles. The Morgan fingerprint density at radius 3 is 2.70 bits per heavy atom. The van der Waals surface area contributed by atoms with Gasteiger partial charge in [0.25, 0.3) is 0 Å². The summed E-state index contributed by atoms with van der Waals surface area (Å²) in [6, 6.07) is 11.1. The lowest BCUT2D eigenvalue weighted by atomic mass is 10.1. The van der Waals surface area contributed by atoms with E-state index in [-0.39, 0.29) is 12.2 Å². The Balaban J connectivity index is 2.04. The average Bonchev–Trinajstić information content (AvgIpc) is 2.38. The zero-order valence-corrected chi connectivity index (χ0v) is 12.1. The Kier molecular flexibility index (Phi) is 4.87. The summed E-state index contributed by atoms with van der Waals surface area (Å²) in [4.78, 5) is 11.0. The number of carboxylic acid groups (broad SMARTS) is 1. The molecule has 104 valence electrons. The first-order valence-corrected chi connectivity index (χ1v) is 6.69. The van der Waals surface area contributed by atoms with E-state index in [0.29, 0.717) is 12.2 Å². The van der Waals surface area contributed by atoms with Crippen molar-refractivity contribution in [1.29, 1.82) is 0 Å². The maximum atomic E-state index is 13.2. The highest BCUT2D eigenvalue weighted by Crippen LogP contribution is 2.16. The van der Waals surface area contributed by atoms with E-state index in [1.54, 1.807) is 0 Å². The van der Waals surface area contributed by atoms with Gasteiger partial charge in [-0.15, -0.1) is 0 Å². The minimum Gasteiger partial charge on any atom is -0.478 e. The molecule has 0 aromatic heterocycles. The number of carboxylic acids is 1. The zero-order chi connectivity index (χ0) is 14.5. The number of carbonyl (C=O) groups is 1. The summed E-state index contributed by atoms with van der Waals surface area (Å²) in [6.07, 6.45) is 0. The molecule has 3 nitrogen and oxygen atoms in total. The maximum Gasteiger partial charge on any atom is 0.336 e. The van der Waals surface area contributed by atoms with E-state index in [1.165, 1.54) is 12.1 Å². The van der Waals surface area contributed by atoms with Crippen molar-refractivity contribution in [3.8, 4) is 0 Å². The van der Waals surface area contributed by atoms with Crippen molar-refractivity contribution in [2.24, 2.45) is 0 Å². The molecule has 0 fully saturated rings. The minimum absolute atomic E-state index is 0.0475. The highest BCUT2D eigenvalue weighted by molar-refractivity contribution is 9.10. The minimum atomic E-state index is -1.09. The quantitative estimate of drug-likeness (QED) is 0.896. The van der Waals surface area contributed by atoms with Crippen LogP contribution in [-0.2, 0) is 18.0 Å². The van der Waals surface area contributed by atoms with Crippen LogP contribution in [0.5, 0.6) is 0 Å². The first-order valence-electron chi connectivity index (χ1n) is 5.90. The number of halogens is 2. The van der Waals surface area contributed by atoms with Crippen LogP contribution in [0.3, 0.4) is 0 Å². The number of hydrogen-bond donors (Lipinski definition) is 1. The molecule has 0 atom stereocenters. The van der Waals surface area contributed by atoms with E-state index >= 15 is 0 Å². The van der Waals surface area contributed by atoms with Crippen molar-refractivity contribution in [1.82, 2.24) is 0 Å². The molecule has 0 unspecified atom stereocenters. The molecule has 20 heavy (non-hydrogen) atoms. The zero-order valence-electron chi connectivity index (χ0n) is 10.5. The van der Waals surface area contributed by atoms with Crippen LogP contribution in [0.25, 0.3) is 0 Å². The lowest BCUT2D eigenvalue weighted by Crippen LogP contribution is -2.05. The molecule has 2 aromatic carbocycles. The van der Waals surface area contributed by atoms with Crippen molar-refractivity contribution in [2.45, 2.75) is 13.2 Å². The van der Waals surface area contributed by atoms with Crippen LogP contribution in [0, 0.1) is 5.82 Å². The SMILES string of the molecule is O=C(O)c1ccc(F)cc1COCc1cccc(Br)c1. The predicted molar refractivity (Wildman–Crippen MR) is 76.0 cm³/mol. The molecule has 0 saturated heterocycles. The summed E-state index contributed by atoms with van der Waals surface area (Å²) in [5, 5.41) is 9.03. The molecule has 0 heterocycles. The third-order valence-electron chi connectivity index (χ3n) is 2.71. The van der Waals surface area contributed by atoms with E-state index in [2.05, 4.69) is 15.9 Å². The van der Waals surface area contributed by atoms with Gasteiger partial charge in [0, 0.05) is 4.47 Å². The van der Waals surface area contributed by atoms with Gasteiger partial charge in [0.05, 0.1) is 18.8 Å². The predicted octanol–water partition coefficient (Wildman–Crippen LogP) is 4.00. The van der Waals surface area contributed by atoms with Gasteiger partial charge >= 0.3 is 5.97 Å². The maximum absolute atomic E-state index is 13.2. The smallest absolute Gasteiger partial charge is 0.336 e. The molecule has 0 saturated carbocycles. The van der Waals surface area contributed by atoms with E-state index in [1.807, 2.05) is 24.3 Å². The second-order valence-corrected chi connectivity index (χ2v) is 5.15. The number of ether oxygens (including phenoxy) is 1. The van der Waals surface area contributed by atoms with Gasteiger partial charge < -0.3 is 9.84 Å². The molecule has 1 N–H and O–H groups in total. The molecule has 0 aliphatic rings. The van der Waals surface area contributed by atoms with Gasteiger partial charge in [0.2, 0.25) is 0 Å². The van der Waals surface area contributed by atoms with Gasteiger partial charge in [-0.3, -0.25) is 0 Å². The highest BCUT2D eigenvalue weighted by Gasteiger charge is 2.11. The fraction of sp³-hybridized carbons (Fsp3) is 0.133. The Hall–Kier alpha value is -1.72. The fourth-order valence-electron chi connectivity index (χ4n) is 1.80. The summed E-state index contributed by atoms with van der Waals surface area (Å²) in [6.45, 7) is 0.376. The first kappa shape index (κ1) is 14.7. The molecule has 0 radical (unpaired) electrons. The summed E-state index contributed by atoms with van der Waals surface area (Å²) >= 11 is 3.36. The number of hydrogen-bond acceptors (Lipinski definition) is 2. The van der Waals surface area contributed by atoms with Crippen molar-refractivity contribution in [3.05, 3.63) is 69.4 Å². The van der Waals surface area contributed by atoms with Crippen molar-refractivity contribution >= 4 is 21.9 Å². The molecular formula is C15H12BrFO3. The monoisotopic (exact) mass is 338 g/mol. The Morgan fingerprint density at radius 2 is 2.00 bits per heavy atom. The lowest BCUT2D eigenvalue weighted by molar-refractivity contribution is 0.0684. The van der Waals surface area contributed by atoms with Gasteiger partial charge in [0.1, 0.15) is 5.82 Å². The normalized spacial score (nSPS) is 10.5. The molecular weight excluding hydrogens is 327 g/mol. The fourth-order valence-corrected chi connectivity index (χ4v) is 2.24. The number of benzene rings is 2. The molecule has 0 amide bonds. The molecule has 2 rings (SSSR count). The Bertz CT molecular complexity index is 628. The van der Waals surface area contributed by atoms with Gasteiger partial charge in [0.15, 0.2) is 0 Å². The van der Waals surface area contributed by atoms with Crippen LogP contribution >= 0.6 is 15.9 Å². The summed E-state index contributed by atoms with van der Waals surface area (Å²) in [7, 11) is 0. The average molecular weight is 339 g/mol. The second-order valence-electron chi connectivity index (χ2n) is 4.23. The van der Waals surface area contributed by atoms with E-state index in [4.69, 9.17) is 9.84 Å².